The van der Waals surface area contributed by atoms with Crippen molar-refractivity contribution in [1.29, 1.82) is 0 Å². The highest BCUT2D eigenvalue weighted by Crippen LogP contribution is 2.24. The van der Waals surface area contributed by atoms with Crippen molar-refractivity contribution >= 4 is 203 Å². The van der Waals surface area contributed by atoms with Crippen LogP contribution in [0.4, 0.5) is 35.1 Å². The van der Waals surface area contributed by atoms with Gasteiger partial charge < -0.3 is 20.4 Å². The smallest absolute Gasteiger partial charge is 0.181 e. The second kappa shape index (κ2) is 42.4. The van der Waals surface area contributed by atoms with Crippen LogP contribution in [0.5, 0.6) is 23.0 Å². The number of hydrogen-bond acceptors (Lipinski definition) is 4. The Kier molecular flexibility index (Phi) is 39.2. The van der Waals surface area contributed by atoms with Crippen LogP contribution < -0.4 is 0 Å². The topological polar surface area (TPSA) is 80.9 Å². The lowest BCUT2D eigenvalue weighted by atomic mass is 10.1. The van der Waals surface area contributed by atoms with Crippen LogP contribution in [0.1, 0.15) is 22.3 Å². The molecule has 0 saturated heterocycles. The number of phenolic OH excluding ortho intramolecular Hbond substituents is 4. The molecular formula is C64H49F8I9O4. The van der Waals surface area contributed by atoms with E-state index >= 15 is 0 Å². The number of benzene rings is 10. The van der Waals surface area contributed by atoms with Gasteiger partial charge in [-0.1, -0.05) is 90.0 Å². The van der Waals surface area contributed by atoms with Crippen molar-refractivity contribution in [2.24, 2.45) is 0 Å². The zero-order chi connectivity index (χ0) is 63.9. The Morgan fingerprint density at radius 1 is 0.259 bits per heavy atom. The Labute approximate surface area is 612 Å². The SMILES string of the molecule is Cc1cc(F)c(I)c(F)c1.Cc1ccc(F)c(I)c1F.Cc1ccc(I)cc1.Cc1cccc(I)c1.Ic1ccc(-c2ccccc2)cc1.Oc1cc(F)c(I)c(F)c1.Oc1ccc(F)c(I)c1F.Oc1ccc(I)cc1.Oc1cccc(I)c1. The summed E-state index contributed by atoms with van der Waals surface area (Å²) in [4.78, 5) is 0. The zero-order valence-corrected chi connectivity index (χ0v) is 64.2. The Balaban J connectivity index is 0.000000328. The molecule has 0 saturated carbocycles. The molecule has 0 heterocycles. The monoisotopic (exact) mass is 2180 g/mol. The molecule has 4 N–H and O–H groups in total. The first-order valence-electron chi connectivity index (χ1n) is 24.0. The van der Waals surface area contributed by atoms with E-state index in [1.165, 1.54) is 102 Å². The Morgan fingerprint density at radius 2 is 0.671 bits per heavy atom. The number of hydrogen-bond donors (Lipinski definition) is 4. The van der Waals surface area contributed by atoms with Gasteiger partial charge in [0.15, 0.2) is 11.6 Å². The summed E-state index contributed by atoms with van der Waals surface area (Å²) in [6.45, 7) is 7.46. The van der Waals surface area contributed by atoms with Crippen LogP contribution >= 0.6 is 203 Å². The van der Waals surface area contributed by atoms with Crippen LogP contribution in [0.3, 0.4) is 0 Å². The third-order valence-electron chi connectivity index (χ3n) is 9.92. The maximum absolute atomic E-state index is 12.7. The molecule has 0 aromatic heterocycles. The van der Waals surface area contributed by atoms with Crippen LogP contribution in [-0.4, -0.2) is 20.4 Å². The maximum atomic E-state index is 12.7. The van der Waals surface area contributed by atoms with Gasteiger partial charge in [-0.2, -0.15) is 0 Å². The van der Waals surface area contributed by atoms with Crippen molar-refractivity contribution in [2.45, 2.75) is 27.7 Å². The Morgan fingerprint density at radius 3 is 1.06 bits per heavy atom. The highest BCUT2D eigenvalue weighted by molar-refractivity contribution is 14.1. The van der Waals surface area contributed by atoms with E-state index in [1.807, 2.05) is 30.3 Å². The number of aryl methyl sites for hydroxylation is 4. The Hall–Kier alpha value is -2.59. The summed E-state index contributed by atoms with van der Waals surface area (Å²) in [7, 11) is 0. The molecule has 21 heteroatoms. The molecule has 0 aliphatic heterocycles. The normalized spacial score (nSPS) is 9.66. The minimum atomic E-state index is -0.902. The molecule has 10 aromatic carbocycles. The second-order valence-electron chi connectivity index (χ2n) is 16.9. The first-order valence-corrected chi connectivity index (χ1v) is 33.7. The van der Waals surface area contributed by atoms with Gasteiger partial charge in [0.25, 0.3) is 0 Å². The molecule has 0 amide bonds. The molecular weight excluding hydrogens is 2130 g/mol. The summed E-state index contributed by atoms with van der Waals surface area (Å²) in [5.74, 6) is -5.23. The number of rotatable bonds is 1. The first-order chi connectivity index (χ1) is 40.0. The van der Waals surface area contributed by atoms with E-state index < -0.39 is 58.0 Å². The minimum Gasteiger partial charge on any atom is -0.508 e. The molecule has 0 bridgehead atoms. The maximum Gasteiger partial charge on any atom is 0.181 e. The summed E-state index contributed by atoms with van der Waals surface area (Å²) in [5, 5.41) is 34.9. The van der Waals surface area contributed by atoms with E-state index in [1.54, 1.807) is 83.3 Å². The quantitative estimate of drug-likeness (QED) is 0.0750. The van der Waals surface area contributed by atoms with E-state index in [4.69, 9.17) is 20.4 Å². The third-order valence-corrected chi connectivity index (χ3v) is 17.5. The van der Waals surface area contributed by atoms with Crippen molar-refractivity contribution in [1.82, 2.24) is 0 Å². The number of aromatic hydroxyl groups is 4. The Bertz CT molecular complexity index is 3250. The van der Waals surface area contributed by atoms with E-state index in [0.29, 0.717) is 22.6 Å². The fourth-order valence-electron chi connectivity index (χ4n) is 5.69. The molecule has 0 fully saturated rings. The highest BCUT2D eigenvalue weighted by atomic mass is 127. The number of phenols is 4. The van der Waals surface area contributed by atoms with Gasteiger partial charge in [0.05, 0.1) is 14.3 Å². The van der Waals surface area contributed by atoms with E-state index in [-0.39, 0.29) is 14.3 Å². The van der Waals surface area contributed by atoms with Gasteiger partial charge in [-0.25, -0.2) is 35.1 Å². The van der Waals surface area contributed by atoms with Gasteiger partial charge in [-0.15, -0.1) is 0 Å². The van der Waals surface area contributed by atoms with Crippen LogP contribution in [-0.2, 0) is 0 Å². The molecule has 0 radical (unpaired) electrons. The summed E-state index contributed by atoms with van der Waals surface area (Å²) >= 11 is 17.5. The standard InChI is InChI=1S/C12H9I.2C7H5F2I.2C7H7I.2C6H3F2IO.2C6H5IO/c13-12-8-6-11(7-9-12)10-4-2-1-3-5-10;1-4-2-5(8)7(10)6(9)3-4;1-4-2-3-5(8)7(10)6(4)9;1-6-2-4-7(8)5-3-6;1-6-3-2-4-7(8)5-6;7-4-1-3(10)2-5(8)6(4)9;7-3-1-2-4(10)5(8)6(3)9;7-5-1-3-6(8)4-2-5;7-5-2-1-3-6(8)4-5/h1-9H;2*2-3H,1H3;2*2-5H,1H3;2*1-2,10H;2*1-4,8H. The average Bonchev–Trinajstić information content (AvgIpc) is 3.46. The van der Waals surface area contributed by atoms with Crippen molar-refractivity contribution in [3.8, 4) is 34.1 Å². The largest absolute Gasteiger partial charge is 0.508 e. The van der Waals surface area contributed by atoms with Crippen molar-refractivity contribution in [3.05, 3.63) is 301 Å². The lowest BCUT2D eigenvalue weighted by Crippen LogP contribution is -1.90. The van der Waals surface area contributed by atoms with Gasteiger partial charge in [0.1, 0.15) is 58.0 Å². The van der Waals surface area contributed by atoms with E-state index in [0.717, 1.165) is 31.4 Å². The highest BCUT2D eigenvalue weighted by Gasteiger charge is 2.10. The molecule has 10 rings (SSSR count). The zero-order valence-electron chi connectivity index (χ0n) is 44.8. The van der Waals surface area contributed by atoms with Crippen LogP contribution in [0.2, 0.25) is 0 Å². The van der Waals surface area contributed by atoms with Gasteiger partial charge in [0, 0.05) is 30.0 Å². The molecule has 448 valence electrons. The first kappa shape index (κ1) is 78.5. The molecule has 0 aliphatic rings. The fourth-order valence-corrected chi connectivity index (χ4v) is 9.68. The third kappa shape index (κ3) is 32.6. The van der Waals surface area contributed by atoms with Crippen molar-refractivity contribution in [2.75, 3.05) is 0 Å². The lowest BCUT2D eigenvalue weighted by molar-refractivity contribution is 0.424. The summed E-state index contributed by atoms with van der Waals surface area (Å²) in [6.07, 6.45) is 0. The lowest BCUT2D eigenvalue weighted by Gasteiger charge is -2.00. The summed E-state index contributed by atoms with van der Waals surface area (Å²) in [5.41, 5.74) is 6.29. The summed E-state index contributed by atoms with van der Waals surface area (Å²) < 4.78 is 106. The van der Waals surface area contributed by atoms with Crippen molar-refractivity contribution < 1.29 is 55.5 Å². The van der Waals surface area contributed by atoms with Gasteiger partial charge in [-0.3, -0.25) is 0 Å². The molecule has 10 aromatic rings. The van der Waals surface area contributed by atoms with Crippen LogP contribution in [0.25, 0.3) is 11.1 Å². The van der Waals surface area contributed by atoms with Gasteiger partial charge in [0.2, 0.25) is 0 Å². The summed E-state index contributed by atoms with van der Waals surface area (Å²) in [6, 6.07) is 59.0. The van der Waals surface area contributed by atoms with E-state index in [9.17, 15) is 35.1 Å². The van der Waals surface area contributed by atoms with Crippen LogP contribution in [0.15, 0.2) is 200 Å². The average molecular weight is 2180 g/mol. The van der Waals surface area contributed by atoms with Gasteiger partial charge in [-0.05, 0) is 362 Å². The van der Waals surface area contributed by atoms with Gasteiger partial charge >= 0.3 is 0 Å². The molecule has 85 heavy (non-hydrogen) atoms. The molecule has 0 spiro atoms. The minimum absolute atomic E-state index is 0.0585. The second-order valence-corrected chi connectivity index (χ2v) is 27.4. The molecule has 0 aliphatic carbocycles. The predicted octanol–water partition coefficient (Wildman–Crippen LogP) is 23.5. The van der Waals surface area contributed by atoms with Crippen LogP contribution in [0, 0.1) is 106 Å². The van der Waals surface area contributed by atoms with Crippen molar-refractivity contribution in [3.63, 3.8) is 0 Å². The number of halogens is 17. The molecule has 0 atom stereocenters. The fraction of sp³-hybridized carbons (Fsp3) is 0.0625. The molecule has 0 unspecified atom stereocenters. The van der Waals surface area contributed by atoms with E-state index in [2.05, 4.69) is 224 Å². The predicted molar refractivity (Wildman–Crippen MR) is 403 cm³/mol. The molecule has 4 nitrogen and oxygen atoms in total.